The molecule has 0 radical (unpaired) electrons. The van der Waals surface area contributed by atoms with Gasteiger partial charge in [-0.1, -0.05) is 6.67 Å². The molecule has 0 saturated heterocycles. The number of hydrogen-bond acceptors (Lipinski definition) is 10. The summed E-state index contributed by atoms with van der Waals surface area (Å²) in [7, 11) is 14.4. The van der Waals surface area contributed by atoms with E-state index < -0.39 is 35.4 Å². The number of nitrogens with two attached hydrogens (primary N) is 2. The van der Waals surface area contributed by atoms with Crippen molar-refractivity contribution in [1.82, 2.24) is 53.0 Å². The molecule has 0 aliphatic carbocycles. The van der Waals surface area contributed by atoms with Crippen LogP contribution < -0.4 is 37.2 Å². The molecule has 0 bridgehead atoms. The average molecular weight is 1110 g/mol. The molecule has 6 aromatic rings. The van der Waals surface area contributed by atoms with Gasteiger partial charge in [-0.15, -0.1) is 0 Å². The number of amides is 7. The molecule has 0 aromatic carbocycles. The molecule has 7 amide bonds. The monoisotopic (exact) mass is 1110 g/mol. The predicted molar refractivity (Wildman–Crippen MR) is 241 cm³/mol. The van der Waals surface area contributed by atoms with Crippen LogP contribution in [0, 0.1) is 0 Å². The Hall–Kier alpha value is -7.38. The summed E-state index contributed by atoms with van der Waals surface area (Å²) in [5, 5.41) is 18.5. The molecule has 0 aliphatic rings. The Morgan fingerprint density at radius 1 is 0.545 bits per heavy atom. The summed E-state index contributed by atoms with van der Waals surface area (Å²) in [5.41, 5.74) is 8.99. The quantitative estimate of drug-likeness (QED) is 0.0685. The van der Waals surface area contributed by atoms with Crippen LogP contribution in [0.3, 0.4) is 0 Å². The standard InChI is InChI=1S/C38H44N17O7.ClH.2H2N.Pt/c1-50-11-10-40-30(50)37(61)48-28-19-55(6)32(47-28)38(62)49-27-18-54(5)31(46-27)36(60)41-9-7-8-29(56)43-21-12-25(52(3)15-21)34(58)45-23-14-26(53(4)17-23)35(59)44-22-13-24(51(2)16-22)33(57)42-20-39;;;;/h10-19,39H,7-9,20H2,1-6H3,(H,41,60)(H,42,57)(H,43,56)(H,44,59)(H,45,58)(H,48,61)(H,49,62);1H;2*1H2;/q-1;;2*-1;+1/p-1. The number of hydrogen-bond donors (Lipinski definition) is 7. The van der Waals surface area contributed by atoms with Crippen LogP contribution in [0.25, 0.3) is 18.0 Å². The maximum absolute atomic E-state index is 13.2. The van der Waals surface area contributed by atoms with E-state index in [0.29, 0.717) is 17.1 Å². The molecule has 0 aliphatic heterocycles. The van der Waals surface area contributed by atoms with Crippen molar-refractivity contribution in [3.05, 3.63) is 114 Å². The molecule has 12 N–H and O–H groups in total. The minimum absolute atomic E-state index is 0. The summed E-state index contributed by atoms with van der Waals surface area (Å²) in [6.07, 6.45) is 11.0. The van der Waals surface area contributed by atoms with Gasteiger partial charge in [0, 0.05) is 98.6 Å². The molecule has 0 saturated carbocycles. The summed E-state index contributed by atoms with van der Waals surface area (Å²) in [6.45, 7) is -0.150. The second-order valence-electron chi connectivity index (χ2n) is 14.1. The molecule has 6 aromatic heterocycles. The Morgan fingerprint density at radius 2 is 0.985 bits per heavy atom. The Bertz CT molecular complexity index is 2720. The van der Waals surface area contributed by atoms with E-state index in [-0.39, 0.29) is 90.5 Å². The van der Waals surface area contributed by atoms with Crippen molar-refractivity contribution >= 4 is 79.5 Å². The number of aryl methyl sites for hydroxylation is 6. The van der Waals surface area contributed by atoms with Crippen molar-refractivity contribution in [3.63, 3.8) is 0 Å². The molecular formula is C38H48ClN19O7Pt-3. The van der Waals surface area contributed by atoms with Crippen LogP contribution in [0.4, 0.5) is 28.7 Å². The van der Waals surface area contributed by atoms with Gasteiger partial charge in [-0.2, -0.15) is 0 Å². The van der Waals surface area contributed by atoms with E-state index in [2.05, 4.69) is 61.6 Å². The van der Waals surface area contributed by atoms with E-state index in [1.165, 1.54) is 64.2 Å². The van der Waals surface area contributed by atoms with Crippen molar-refractivity contribution in [2.24, 2.45) is 42.3 Å². The third-order valence-electron chi connectivity index (χ3n) is 9.29. The number of rotatable bonds is 16. The van der Waals surface area contributed by atoms with Gasteiger partial charge in [0.05, 0.1) is 17.1 Å². The van der Waals surface area contributed by atoms with Gasteiger partial charge in [-0.3, -0.25) is 33.6 Å². The molecule has 6 rings (SSSR count). The fraction of sp³-hybridized carbons (Fsp3) is 0.263. The van der Waals surface area contributed by atoms with Crippen LogP contribution >= 0.6 is 9.42 Å². The van der Waals surface area contributed by atoms with Crippen molar-refractivity contribution in [2.75, 3.05) is 39.8 Å². The largest absolute Gasteiger partial charge is 0.693 e. The van der Waals surface area contributed by atoms with Gasteiger partial charge in [-0.05, 0) is 24.6 Å². The van der Waals surface area contributed by atoms with Gasteiger partial charge in [0.1, 0.15) is 17.1 Å². The maximum atomic E-state index is 13.2. The topological polar surface area (TPSA) is 363 Å². The second-order valence-corrected chi connectivity index (χ2v) is 14.1. The summed E-state index contributed by atoms with van der Waals surface area (Å²) in [6, 6.07) is 4.48. The van der Waals surface area contributed by atoms with Gasteiger partial charge in [0.2, 0.25) is 17.6 Å². The van der Waals surface area contributed by atoms with Gasteiger partial charge in [0.15, 0.2) is 17.5 Å². The molecule has 6 heterocycles. The zero-order chi connectivity index (χ0) is 46.8. The number of anilines is 5. The van der Waals surface area contributed by atoms with Crippen LogP contribution in [-0.2, 0) is 65.9 Å². The van der Waals surface area contributed by atoms with Gasteiger partial charge < -0.3 is 82.7 Å². The summed E-state index contributed by atoms with van der Waals surface area (Å²) in [5.74, 6) is -3.07. The van der Waals surface area contributed by atoms with E-state index in [1.807, 2.05) is 0 Å². The molecular weight excluding hydrogens is 1070 g/mol. The number of halogens is 1. The van der Waals surface area contributed by atoms with Gasteiger partial charge in [-0.25, -0.2) is 15.0 Å². The maximum Gasteiger partial charge on any atom is -0.693 e. The van der Waals surface area contributed by atoms with E-state index in [9.17, 15) is 33.6 Å². The van der Waals surface area contributed by atoms with Crippen LogP contribution in [0.2, 0.25) is 0 Å². The zero-order valence-corrected chi connectivity index (χ0v) is 39.4. The van der Waals surface area contributed by atoms with Crippen LogP contribution in [-0.4, -0.2) is 96.9 Å². The van der Waals surface area contributed by atoms with Crippen molar-refractivity contribution in [1.29, 1.82) is 0 Å². The van der Waals surface area contributed by atoms with E-state index in [4.69, 9.17) is 5.73 Å². The fourth-order valence-corrected chi connectivity index (χ4v) is 6.29. The summed E-state index contributed by atoms with van der Waals surface area (Å²) in [4.78, 5) is 102. The smallest absolute Gasteiger partial charge is 0.693 e. The number of imidazole rings is 3. The van der Waals surface area contributed by atoms with Gasteiger partial charge >= 0.3 is 28.2 Å². The molecule has 0 fully saturated rings. The fourth-order valence-electron chi connectivity index (χ4n) is 6.29. The number of carbonyl (C=O) groups excluding carboxylic acids is 7. The minimum Gasteiger partial charge on any atom is -0.693 e. The zero-order valence-electron chi connectivity index (χ0n) is 36.3. The summed E-state index contributed by atoms with van der Waals surface area (Å²) < 4.78 is 8.99. The first-order valence-electron chi connectivity index (χ1n) is 18.9. The van der Waals surface area contributed by atoms with E-state index in [1.54, 1.807) is 85.8 Å². The molecule has 0 atom stereocenters. The first-order chi connectivity index (χ1) is 30.5. The second kappa shape index (κ2) is 23.5. The number of nitrogens with one attached hydrogen (secondary N) is 8. The minimum atomic E-state index is -0.630. The number of nitrogens with zero attached hydrogens (tertiary/aromatic N) is 9. The first-order valence-corrected chi connectivity index (χ1v) is 21.7. The Labute approximate surface area is 392 Å². The SMILES string of the molecule is Cn1cc(NC(=O)c2cc(NC(=O)c3cc(NC(=O)CCCNC(=O)c4nc(NC(=O)c5nc(NC(=O)c6nccn6C)cn5C)cn4C)cn3C)cn2C)cc1C(=O)NC[NH-].[Cl][Pt].[NH2-].[NH2-]. The molecule has 0 spiro atoms. The van der Waals surface area contributed by atoms with Crippen molar-refractivity contribution < 1.29 is 52.3 Å². The number of aromatic nitrogens is 9. The third-order valence-corrected chi connectivity index (χ3v) is 9.29. The molecule has 28 heteroatoms. The van der Waals surface area contributed by atoms with Crippen LogP contribution in [0.1, 0.15) is 76.2 Å². The first kappa shape index (κ1) is 53.0. The molecule has 357 valence electrons. The predicted octanol–water partition coefficient (Wildman–Crippen LogP) is 3.92. The van der Waals surface area contributed by atoms with Gasteiger partial charge in [0.25, 0.3) is 35.4 Å². The third kappa shape index (κ3) is 12.9. The Balaban J connectivity index is 0.00000285. The Morgan fingerprint density at radius 3 is 1.44 bits per heavy atom. The molecule has 26 nitrogen and oxygen atoms in total. The van der Waals surface area contributed by atoms with E-state index in [0.717, 1.165) is 0 Å². The van der Waals surface area contributed by atoms with Crippen LogP contribution in [0.5, 0.6) is 0 Å². The summed E-state index contributed by atoms with van der Waals surface area (Å²) >= 11 is 1.61. The number of carbonyl (C=O) groups is 7. The normalized spacial score (nSPS) is 10.3. The van der Waals surface area contributed by atoms with E-state index >= 15 is 0 Å². The molecule has 66 heavy (non-hydrogen) atoms. The van der Waals surface area contributed by atoms with Crippen molar-refractivity contribution in [3.8, 4) is 0 Å². The van der Waals surface area contributed by atoms with Crippen molar-refractivity contribution in [2.45, 2.75) is 12.8 Å². The Kier molecular flexibility index (Phi) is 18.9. The molecule has 0 unspecified atom stereocenters. The average Bonchev–Trinajstić information content (AvgIpc) is 4.11. The van der Waals surface area contributed by atoms with Crippen LogP contribution in [0.15, 0.2) is 61.6 Å².